The zero-order chi connectivity index (χ0) is 40.3. The minimum Gasteiger partial charge on any atom is -0.310 e. The lowest BCUT2D eigenvalue weighted by molar-refractivity contribution is 1.17. The van der Waals surface area contributed by atoms with Gasteiger partial charge >= 0.3 is 0 Å². The molecule has 0 saturated carbocycles. The van der Waals surface area contributed by atoms with E-state index in [-0.39, 0.29) is 0 Å². The smallest absolute Gasteiger partial charge is 0.0541 e. The van der Waals surface area contributed by atoms with E-state index < -0.39 is 0 Å². The summed E-state index contributed by atoms with van der Waals surface area (Å²) in [5.74, 6) is 0. The molecule has 12 rings (SSSR count). The maximum Gasteiger partial charge on any atom is 0.0541 e. The molecule has 0 aliphatic rings. The number of aromatic nitrogens is 1. The van der Waals surface area contributed by atoms with Crippen molar-refractivity contribution in [3.05, 3.63) is 231 Å². The first kappa shape index (κ1) is 35.2. The third kappa shape index (κ3) is 6.01. The van der Waals surface area contributed by atoms with Gasteiger partial charge in [0.1, 0.15) is 0 Å². The second-order valence-corrected chi connectivity index (χ2v) is 16.8. The highest BCUT2D eigenvalue weighted by Gasteiger charge is 2.20. The van der Waals surface area contributed by atoms with Crippen molar-refractivity contribution >= 4 is 81.1 Å². The molecule has 0 aliphatic heterocycles. The molecule has 2 aromatic heterocycles. The standard InChI is InChI=1S/C58H38N2S/c1-2-20-47-40(14-1)15-12-25-48(47)41-32-30-39(31-33-41)42-16-11-17-44(36-42)59(45-18-13-19-46(38-45)60-55-27-8-4-22-50(55)51-23-5-9-28-56(51)60)54-26-7-3-21-49(54)43-34-35-58-53(37-43)52-24-6-10-29-57(52)61-58/h1-38H. The van der Waals surface area contributed by atoms with Crippen molar-refractivity contribution in [1.29, 1.82) is 0 Å². The summed E-state index contributed by atoms with van der Waals surface area (Å²) >= 11 is 1.86. The molecular formula is C58H38N2S. The van der Waals surface area contributed by atoms with Crippen molar-refractivity contribution in [1.82, 2.24) is 4.57 Å². The van der Waals surface area contributed by atoms with E-state index in [0.29, 0.717) is 0 Å². The van der Waals surface area contributed by atoms with Crippen LogP contribution in [0.15, 0.2) is 231 Å². The number of thiophene rings is 1. The topological polar surface area (TPSA) is 8.17 Å². The Hall–Kier alpha value is -7.72. The van der Waals surface area contributed by atoms with Crippen LogP contribution in [0.5, 0.6) is 0 Å². The van der Waals surface area contributed by atoms with E-state index in [1.165, 1.54) is 80.6 Å². The van der Waals surface area contributed by atoms with E-state index in [1.54, 1.807) is 0 Å². The molecule has 0 fully saturated rings. The van der Waals surface area contributed by atoms with Gasteiger partial charge in [-0.1, -0.05) is 164 Å². The number of benzene rings is 10. The Labute approximate surface area is 358 Å². The van der Waals surface area contributed by atoms with E-state index in [0.717, 1.165) is 28.3 Å². The first-order chi connectivity index (χ1) is 30.2. The maximum atomic E-state index is 2.44. The lowest BCUT2D eigenvalue weighted by Gasteiger charge is -2.29. The van der Waals surface area contributed by atoms with Gasteiger partial charge in [-0.3, -0.25) is 0 Å². The van der Waals surface area contributed by atoms with Crippen molar-refractivity contribution < 1.29 is 0 Å². The Balaban J connectivity index is 1.03. The van der Waals surface area contributed by atoms with Crippen LogP contribution in [0.3, 0.4) is 0 Å². The molecule has 0 spiro atoms. The fourth-order valence-electron chi connectivity index (χ4n) is 9.35. The van der Waals surface area contributed by atoms with E-state index in [2.05, 4.69) is 240 Å². The van der Waals surface area contributed by atoms with Gasteiger partial charge in [-0.15, -0.1) is 11.3 Å². The number of para-hydroxylation sites is 3. The van der Waals surface area contributed by atoms with Crippen LogP contribution in [0.4, 0.5) is 17.1 Å². The van der Waals surface area contributed by atoms with Crippen molar-refractivity contribution in [3.8, 4) is 39.1 Å². The Morgan fingerprint density at radius 2 is 0.902 bits per heavy atom. The fourth-order valence-corrected chi connectivity index (χ4v) is 10.4. The van der Waals surface area contributed by atoms with Crippen LogP contribution >= 0.6 is 11.3 Å². The lowest BCUT2D eigenvalue weighted by atomic mass is 9.96. The molecular weight excluding hydrogens is 757 g/mol. The molecule has 2 nitrogen and oxygen atoms in total. The number of nitrogens with zero attached hydrogens (tertiary/aromatic N) is 2. The highest BCUT2D eigenvalue weighted by molar-refractivity contribution is 7.25. The zero-order valence-electron chi connectivity index (χ0n) is 33.2. The monoisotopic (exact) mass is 794 g/mol. The second-order valence-electron chi connectivity index (χ2n) is 15.7. The summed E-state index contributed by atoms with van der Waals surface area (Å²) in [5.41, 5.74) is 13.9. The van der Waals surface area contributed by atoms with Gasteiger partial charge in [0, 0.05) is 53.6 Å². The van der Waals surface area contributed by atoms with Crippen LogP contribution < -0.4 is 4.90 Å². The number of rotatable bonds is 7. The van der Waals surface area contributed by atoms with Gasteiger partial charge in [0.15, 0.2) is 0 Å². The molecule has 0 saturated heterocycles. The number of hydrogen-bond acceptors (Lipinski definition) is 2. The van der Waals surface area contributed by atoms with Crippen molar-refractivity contribution in [3.63, 3.8) is 0 Å². The van der Waals surface area contributed by atoms with Crippen LogP contribution in [0, 0.1) is 0 Å². The predicted molar refractivity (Wildman–Crippen MR) is 262 cm³/mol. The molecule has 10 aromatic carbocycles. The molecule has 0 N–H and O–H groups in total. The summed E-state index contributed by atoms with van der Waals surface area (Å²) in [5, 5.41) is 7.62. The second kappa shape index (κ2) is 14.5. The molecule has 0 unspecified atom stereocenters. The van der Waals surface area contributed by atoms with Gasteiger partial charge in [-0.25, -0.2) is 0 Å². The Morgan fingerprint density at radius 1 is 0.328 bits per heavy atom. The van der Waals surface area contributed by atoms with E-state index in [9.17, 15) is 0 Å². The molecule has 0 amide bonds. The normalized spacial score (nSPS) is 11.6. The quantitative estimate of drug-likeness (QED) is 0.156. The summed E-state index contributed by atoms with van der Waals surface area (Å²) in [6.45, 7) is 0. The summed E-state index contributed by atoms with van der Waals surface area (Å²) < 4.78 is 5.02. The first-order valence-electron chi connectivity index (χ1n) is 20.8. The molecule has 286 valence electrons. The number of anilines is 3. The molecule has 12 aromatic rings. The van der Waals surface area contributed by atoms with Crippen molar-refractivity contribution in [2.24, 2.45) is 0 Å². The summed E-state index contributed by atoms with van der Waals surface area (Å²) in [7, 11) is 0. The van der Waals surface area contributed by atoms with E-state index in [1.807, 2.05) is 11.3 Å². The van der Waals surface area contributed by atoms with Crippen LogP contribution in [0.1, 0.15) is 0 Å². The minimum atomic E-state index is 1.08. The van der Waals surface area contributed by atoms with E-state index in [4.69, 9.17) is 0 Å². The van der Waals surface area contributed by atoms with Gasteiger partial charge in [0.25, 0.3) is 0 Å². The van der Waals surface area contributed by atoms with Crippen LogP contribution in [-0.4, -0.2) is 4.57 Å². The molecule has 3 heteroatoms. The Bertz CT molecular complexity index is 3550. The zero-order valence-corrected chi connectivity index (χ0v) is 34.1. The average molecular weight is 795 g/mol. The average Bonchev–Trinajstić information content (AvgIpc) is 3.87. The largest absolute Gasteiger partial charge is 0.310 e. The van der Waals surface area contributed by atoms with Crippen LogP contribution in [0.2, 0.25) is 0 Å². The summed E-state index contributed by atoms with van der Waals surface area (Å²) in [6, 6.07) is 84.3. The van der Waals surface area contributed by atoms with Gasteiger partial charge in [0.05, 0.1) is 16.7 Å². The first-order valence-corrected chi connectivity index (χ1v) is 21.6. The molecule has 0 atom stereocenters. The van der Waals surface area contributed by atoms with Gasteiger partial charge in [-0.2, -0.15) is 0 Å². The third-order valence-corrected chi connectivity index (χ3v) is 13.3. The molecule has 0 radical (unpaired) electrons. The Morgan fingerprint density at radius 3 is 1.72 bits per heavy atom. The van der Waals surface area contributed by atoms with Crippen LogP contribution in [-0.2, 0) is 0 Å². The SMILES string of the molecule is c1cc(-c2ccc(-c3cccc4ccccc34)cc2)cc(N(c2cccc(-n3c4ccccc4c4ccccc43)c2)c2ccccc2-c2ccc3sc4ccccc4c3c2)c1. The minimum absolute atomic E-state index is 1.08. The third-order valence-electron chi connectivity index (χ3n) is 12.2. The lowest BCUT2D eigenvalue weighted by Crippen LogP contribution is -2.12. The number of hydrogen-bond donors (Lipinski definition) is 0. The highest BCUT2D eigenvalue weighted by Crippen LogP contribution is 2.45. The van der Waals surface area contributed by atoms with Crippen molar-refractivity contribution in [2.45, 2.75) is 0 Å². The van der Waals surface area contributed by atoms with Gasteiger partial charge < -0.3 is 9.47 Å². The highest BCUT2D eigenvalue weighted by atomic mass is 32.1. The maximum absolute atomic E-state index is 2.44. The van der Waals surface area contributed by atoms with Crippen molar-refractivity contribution in [2.75, 3.05) is 4.90 Å². The van der Waals surface area contributed by atoms with Gasteiger partial charge in [0.2, 0.25) is 0 Å². The Kier molecular flexibility index (Phi) is 8.39. The molecule has 2 heterocycles. The molecule has 0 aliphatic carbocycles. The summed E-state index contributed by atoms with van der Waals surface area (Å²) in [6.07, 6.45) is 0. The summed E-state index contributed by atoms with van der Waals surface area (Å²) in [4.78, 5) is 2.44. The van der Waals surface area contributed by atoms with E-state index >= 15 is 0 Å². The predicted octanol–water partition coefficient (Wildman–Crippen LogP) is 16.8. The van der Waals surface area contributed by atoms with Crippen LogP contribution in [0.25, 0.3) is 91.8 Å². The molecule has 0 bridgehead atoms. The molecule has 61 heavy (non-hydrogen) atoms. The fraction of sp³-hybridized carbons (Fsp3) is 0. The number of fused-ring (bicyclic) bond motifs is 7. The van der Waals surface area contributed by atoms with Gasteiger partial charge in [-0.05, 0) is 105 Å².